The van der Waals surface area contributed by atoms with Gasteiger partial charge in [0.2, 0.25) is 11.8 Å². The van der Waals surface area contributed by atoms with Crippen molar-refractivity contribution in [2.45, 2.75) is 51.3 Å². The fourth-order valence-corrected chi connectivity index (χ4v) is 5.21. The Balaban J connectivity index is 1.43. The second-order valence-corrected chi connectivity index (χ2v) is 10.9. The number of carbonyl (C=O) groups is 3. The summed E-state index contributed by atoms with van der Waals surface area (Å²) in [7, 11) is 1.68. The van der Waals surface area contributed by atoms with Gasteiger partial charge in [-0.1, -0.05) is 30.3 Å². The summed E-state index contributed by atoms with van der Waals surface area (Å²) in [5.41, 5.74) is 3.38. The zero-order chi connectivity index (χ0) is 27.2. The molecule has 10 heteroatoms. The lowest BCUT2D eigenvalue weighted by atomic mass is 9.98. The van der Waals surface area contributed by atoms with Crippen LogP contribution in [0.2, 0.25) is 0 Å². The Morgan fingerprint density at radius 2 is 1.68 bits per heavy atom. The maximum absolute atomic E-state index is 13.1. The molecule has 2 atom stereocenters. The lowest BCUT2D eigenvalue weighted by Crippen LogP contribution is -2.50. The van der Waals surface area contributed by atoms with Crippen molar-refractivity contribution in [3.63, 3.8) is 0 Å². The number of imide groups is 1. The average molecular weight is 520 g/mol. The van der Waals surface area contributed by atoms with Gasteiger partial charge in [0.05, 0.1) is 17.1 Å². The molecule has 0 radical (unpaired) electrons. The smallest absolute Gasteiger partial charge is 0.410 e. The first-order valence-electron chi connectivity index (χ1n) is 12.9. The molecule has 2 aliphatic heterocycles. The minimum atomic E-state index is -0.717. The molecule has 3 amide bonds. The third-order valence-electron chi connectivity index (χ3n) is 7.11. The van der Waals surface area contributed by atoms with Crippen LogP contribution in [-0.4, -0.2) is 57.2 Å². The van der Waals surface area contributed by atoms with Crippen molar-refractivity contribution in [3.8, 4) is 11.1 Å². The normalized spacial score (nSPS) is 20.5. The Morgan fingerprint density at radius 1 is 0.974 bits per heavy atom. The van der Waals surface area contributed by atoms with Gasteiger partial charge in [-0.3, -0.25) is 28.9 Å². The monoisotopic (exact) mass is 519 g/mol. The molecule has 2 aliphatic rings. The number of aromatic nitrogens is 2. The average Bonchev–Trinajstić information content (AvgIpc) is 3.12. The Kier molecular flexibility index (Phi) is 6.60. The van der Waals surface area contributed by atoms with E-state index in [1.165, 1.54) is 9.13 Å². The number of aryl methyl sites for hydroxylation is 1. The minimum Gasteiger partial charge on any atom is -0.444 e. The maximum atomic E-state index is 13.1. The Labute approximate surface area is 220 Å². The van der Waals surface area contributed by atoms with Crippen LogP contribution in [0.3, 0.4) is 0 Å². The Morgan fingerprint density at radius 3 is 2.37 bits per heavy atom. The predicted octanol–water partition coefficient (Wildman–Crippen LogP) is 2.87. The van der Waals surface area contributed by atoms with Gasteiger partial charge < -0.3 is 10.1 Å². The van der Waals surface area contributed by atoms with Crippen LogP contribution in [0.4, 0.5) is 4.79 Å². The fourth-order valence-electron chi connectivity index (χ4n) is 5.21. The molecule has 38 heavy (non-hydrogen) atoms. The van der Waals surface area contributed by atoms with Gasteiger partial charge in [-0.05, 0) is 56.0 Å². The van der Waals surface area contributed by atoms with E-state index >= 15 is 0 Å². The number of nitrogens with zero attached hydrogens (tertiary/aromatic N) is 3. The molecule has 2 saturated heterocycles. The molecule has 0 bridgehead atoms. The van der Waals surface area contributed by atoms with Crippen LogP contribution in [0.5, 0.6) is 0 Å². The number of fused-ring (bicyclic) bond motifs is 1. The largest absolute Gasteiger partial charge is 0.444 e. The van der Waals surface area contributed by atoms with Crippen molar-refractivity contribution in [2.75, 3.05) is 19.6 Å². The first kappa shape index (κ1) is 25.7. The highest BCUT2D eigenvalue weighted by atomic mass is 16.6. The standard InChI is InChI=1S/C28H33N5O5/c1-28(2,3)38-27(37)32-14-13-29-16-23(32)18-7-5-17(6-8-18)19-9-10-20-22(15-19)31(4)26(36)33(20)21-11-12-24(34)30-25(21)35/h5-10,15,21,23,29H,11-14,16H2,1-4H3,(H,30,34,35). The molecule has 0 aliphatic carbocycles. The first-order valence-corrected chi connectivity index (χ1v) is 12.9. The molecule has 5 rings (SSSR count). The molecule has 2 N–H and O–H groups in total. The second-order valence-electron chi connectivity index (χ2n) is 10.9. The van der Waals surface area contributed by atoms with Crippen molar-refractivity contribution in [2.24, 2.45) is 7.05 Å². The number of nitrogens with one attached hydrogen (secondary N) is 2. The number of hydrogen-bond donors (Lipinski definition) is 2. The van der Waals surface area contributed by atoms with Gasteiger partial charge >= 0.3 is 11.8 Å². The van der Waals surface area contributed by atoms with Crippen LogP contribution in [-0.2, 0) is 21.4 Å². The highest BCUT2D eigenvalue weighted by molar-refractivity contribution is 6.00. The zero-order valence-electron chi connectivity index (χ0n) is 22.1. The molecular weight excluding hydrogens is 486 g/mol. The molecule has 200 valence electrons. The van der Waals surface area contributed by atoms with Crippen molar-refractivity contribution < 1.29 is 19.1 Å². The molecule has 3 heterocycles. The zero-order valence-corrected chi connectivity index (χ0v) is 22.1. The number of rotatable bonds is 3. The van der Waals surface area contributed by atoms with Gasteiger partial charge in [0.1, 0.15) is 11.6 Å². The molecular formula is C28H33N5O5. The van der Waals surface area contributed by atoms with Crippen molar-refractivity contribution in [1.29, 1.82) is 0 Å². The van der Waals surface area contributed by atoms with Crippen molar-refractivity contribution in [3.05, 3.63) is 58.5 Å². The maximum Gasteiger partial charge on any atom is 0.410 e. The van der Waals surface area contributed by atoms with Gasteiger partial charge in [0.15, 0.2) is 0 Å². The number of piperazine rings is 1. The van der Waals surface area contributed by atoms with E-state index in [4.69, 9.17) is 4.74 Å². The van der Waals surface area contributed by atoms with E-state index in [1.807, 2.05) is 63.2 Å². The van der Waals surface area contributed by atoms with Crippen LogP contribution >= 0.6 is 0 Å². The number of ether oxygens (including phenoxy) is 1. The molecule has 1 aromatic heterocycles. The highest BCUT2D eigenvalue weighted by Gasteiger charge is 2.32. The Bertz CT molecular complexity index is 1460. The van der Waals surface area contributed by atoms with Crippen LogP contribution < -0.4 is 16.3 Å². The van der Waals surface area contributed by atoms with E-state index in [1.54, 1.807) is 11.9 Å². The molecule has 2 aromatic carbocycles. The lowest BCUT2D eigenvalue weighted by molar-refractivity contribution is -0.135. The van der Waals surface area contributed by atoms with E-state index in [0.717, 1.165) is 16.7 Å². The summed E-state index contributed by atoms with van der Waals surface area (Å²) < 4.78 is 8.64. The van der Waals surface area contributed by atoms with Gasteiger partial charge in [0, 0.05) is 33.1 Å². The van der Waals surface area contributed by atoms with Crippen LogP contribution in [0.25, 0.3) is 22.2 Å². The Hall–Kier alpha value is -3.92. The summed E-state index contributed by atoms with van der Waals surface area (Å²) in [6.45, 7) is 7.51. The molecule has 0 saturated carbocycles. The van der Waals surface area contributed by atoms with Crippen molar-refractivity contribution >= 4 is 28.9 Å². The minimum absolute atomic E-state index is 0.140. The van der Waals surface area contributed by atoms with E-state index in [-0.39, 0.29) is 30.2 Å². The third-order valence-corrected chi connectivity index (χ3v) is 7.11. The number of carbonyl (C=O) groups excluding carboxylic acids is 3. The predicted molar refractivity (Wildman–Crippen MR) is 143 cm³/mol. The third kappa shape index (κ3) is 4.83. The molecule has 10 nitrogen and oxygen atoms in total. The summed E-state index contributed by atoms with van der Waals surface area (Å²) in [4.78, 5) is 51.7. The second kappa shape index (κ2) is 9.75. The summed E-state index contributed by atoms with van der Waals surface area (Å²) in [6.07, 6.45) is 0.175. The van der Waals surface area contributed by atoms with Crippen molar-refractivity contribution in [1.82, 2.24) is 24.7 Å². The topological polar surface area (TPSA) is 115 Å². The lowest BCUT2D eigenvalue weighted by Gasteiger charge is -2.37. The highest BCUT2D eigenvalue weighted by Crippen LogP contribution is 2.30. The number of imidazole rings is 1. The summed E-state index contributed by atoms with van der Waals surface area (Å²) in [5, 5.41) is 5.70. The quantitative estimate of drug-likeness (QED) is 0.515. The summed E-state index contributed by atoms with van der Waals surface area (Å²) in [5.74, 6) is -0.767. The molecule has 2 unspecified atom stereocenters. The number of piperidine rings is 1. The fraction of sp³-hybridized carbons (Fsp3) is 0.429. The first-order chi connectivity index (χ1) is 18.0. The van der Waals surface area contributed by atoms with Crippen LogP contribution in [0.15, 0.2) is 47.3 Å². The van der Waals surface area contributed by atoms with E-state index in [2.05, 4.69) is 10.6 Å². The van der Waals surface area contributed by atoms with Gasteiger partial charge in [-0.15, -0.1) is 0 Å². The number of hydrogen-bond acceptors (Lipinski definition) is 6. The van der Waals surface area contributed by atoms with E-state index in [9.17, 15) is 19.2 Å². The SMILES string of the molecule is Cn1c(=O)n(C2CCC(=O)NC2=O)c2ccc(-c3ccc(C4CNCCN4C(=O)OC(C)(C)C)cc3)cc21. The van der Waals surface area contributed by atoms with E-state index < -0.39 is 17.6 Å². The number of amides is 3. The molecule has 0 spiro atoms. The van der Waals surface area contributed by atoms with Gasteiger partial charge in [-0.2, -0.15) is 0 Å². The summed E-state index contributed by atoms with van der Waals surface area (Å²) in [6, 6.07) is 12.9. The molecule has 3 aromatic rings. The summed E-state index contributed by atoms with van der Waals surface area (Å²) >= 11 is 0. The van der Waals surface area contributed by atoms with E-state index in [0.29, 0.717) is 37.1 Å². The number of benzene rings is 2. The van der Waals surface area contributed by atoms with Crippen LogP contribution in [0, 0.1) is 0 Å². The molecule has 2 fully saturated rings. The van der Waals surface area contributed by atoms with Gasteiger partial charge in [0.25, 0.3) is 0 Å². The van der Waals surface area contributed by atoms with Gasteiger partial charge in [-0.25, -0.2) is 9.59 Å². The van der Waals surface area contributed by atoms with Crippen LogP contribution in [0.1, 0.15) is 51.3 Å².